The number of rotatable bonds is 12. The minimum Gasteiger partial charge on any atom is -0.492 e. The van der Waals surface area contributed by atoms with Gasteiger partial charge in [-0.3, -0.25) is 14.4 Å². The van der Waals surface area contributed by atoms with E-state index in [9.17, 15) is 14.4 Å². The van der Waals surface area contributed by atoms with Crippen molar-refractivity contribution in [3.05, 3.63) is 63.6 Å². The molecule has 0 saturated heterocycles. The van der Waals surface area contributed by atoms with Crippen molar-refractivity contribution in [3.63, 3.8) is 0 Å². The molecule has 2 aromatic rings. The number of carbonyl (C=O) groups is 3. The Bertz CT molecular complexity index is 997. The number of hydrogen-bond acceptors (Lipinski definition) is 5. The molecule has 3 N–H and O–H groups in total. The first-order valence-corrected chi connectivity index (χ1v) is 15.9. The van der Waals surface area contributed by atoms with E-state index in [4.69, 9.17) is 27.9 Å². The molecule has 3 rings (SSSR count). The first kappa shape index (κ1) is 42.3. The molecule has 0 bridgehead atoms. The second-order valence-corrected chi connectivity index (χ2v) is 10.0. The summed E-state index contributed by atoms with van der Waals surface area (Å²) >= 11 is 11.6. The Balaban J connectivity index is 0. The maximum atomic E-state index is 12.7. The molecule has 0 spiro atoms. The van der Waals surface area contributed by atoms with E-state index in [0.29, 0.717) is 37.0 Å². The Hall–Kier alpha value is -2.81. The van der Waals surface area contributed by atoms with Crippen LogP contribution in [0.25, 0.3) is 0 Å². The van der Waals surface area contributed by atoms with Crippen LogP contribution in [-0.4, -0.2) is 69.0 Å². The quantitative estimate of drug-likeness (QED) is 0.183. The van der Waals surface area contributed by atoms with E-state index in [0.717, 1.165) is 35.7 Å². The van der Waals surface area contributed by atoms with Gasteiger partial charge in [-0.1, -0.05) is 74.7 Å². The van der Waals surface area contributed by atoms with E-state index in [1.165, 1.54) is 10.5 Å². The highest BCUT2D eigenvalue weighted by molar-refractivity contribution is 6.30. The number of halogens is 2. The lowest BCUT2D eigenvalue weighted by Crippen LogP contribution is -2.49. The number of aryl methyl sites for hydroxylation is 2. The summed E-state index contributed by atoms with van der Waals surface area (Å²) in [5, 5.41) is 9.87. The number of hydrogen-bond donors (Lipinski definition) is 3. The van der Waals surface area contributed by atoms with Gasteiger partial charge >= 0.3 is 0 Å². The predicted octanol–water partition coefficient (Wildman–Crippen LogP) is 6.44. The van der Waals surface area contributed by atoms with E-state index in [1.54, 1.807) is 13.1 Å². The minimum atomic E-state index is -0.265. The molecule has 1 atom stereocenters. The molecule has 1 aliphatic rings. The molecule has 10 heteroatoms. The van der Waals surface area contributed by atoms with Crippen molar-refractivity contribution in [2.45, 2.75) is 74.3 Å². The van der Waals surface area contributed by atoms with Crippen molar-refractivity contribution in [1.82, 2.24) is 20.9 Å². The van der Waals surface area contributed by atoms with Gasteiger partial charge < -0.3 is 25.6 Å². The second kappa shape index (κ2) is 26.8. The molecular formula is C33H54Cl2N4O4. The van der Waals surface area contributed by atoms with E-state index in [2.05, 4.69) is 16.0 Å². The Kier molecular flexibility index (Phi) is 26.4. The van der Waals surface area contributed by atoms with Crippen LogP contribution >= 0.6 is 23.2 Å². The highest BCUT2D eigenvalue weighted by Crippen LogP contribution is 2.33. The number of ether oxygens (including phenoxy) is 1. The maximum Gasteiger partial charge on any atom is 0.240 e. The Morgan fingerprint density at radius 2 is 1.56 bits per heavy atom. The van der Waals surface area contributed by atoms with Crippen molar-refractivity contribution in [3.8, 4) is 5.75 Å². The van der Waals surface area contributed by atoms with Gasteiger partial charge in [0.1, 0.15) is 12.4 Å². The number of nitrogens with one attached hydrogen (secondary N) is 3. The number of carbonyl (C=O) groups excluding carboxylic acids is 3. The van der Waals surface area contributed by atoms with Crippen LogP contribution in [0.2, 0.25) is 10.0 Å². The fourth-order valence-corrected chi connectivity index (χ4v) is 3.68. The van der Waals surface area contributed by atoms with E-state index < -0.39 is 0 Å². The van der Waals surface area contributed by atoms with Gasteiger partial charge in [-0.2, -0.15) is 0 Å². The zero-order valence-corrected chi connectivity index (χ0v) is 29.1. The van der Waals surface area contributed by atoms with Gasteiger partial charge in [0.2, 0.25) is 18.2 Å². The molecule has 0 heterocycles. The van der Waals surface area contributed by atoms with E-state index >= 15 is 0 Å². The van der Waals surface area contributed by atoms with Gasteiger partial charge in [0.15, 0.2) is 0 Å². The Labute approximate surface area is 270 Å². The number of benzene rings is 2. The first-order valence-electron chi connectivity index (χ1n) is 15.2. The van der Waals surface area contributed by atoms with Crippen molar-refractivity contribution < 1.29 is 19.1 Å². The van der Waals surface area contributed by atoms with Gasteiger partial charge in [0, 0.05) is 36.7 Å². The van der Waals surface area contributed by atoms with Crippen molar-refractivity contribution in [2.24, 2.45) is 5.92 Å². The third kappa shape index (κ3) is 20.7. The van der Waals surface area contributed by atoms with Crippen LogP contribution in [0.4, 0.5) is 0 Å². The van der Waals surface area contributed by atoms with Gasteiger partial charge in [-0.15, -0.1) is 0 Å². The monoisotopic (exact) mass is 640 g/mol. The molecule has 244 valence electrons. The Morgan fingerprint density at radius 3 is 2.02 bits per heavy atom. The summed E-state index contributed by atoms with van der Waals surface area (Å²) in [5.74, 6) is 0.907. The highest BCUT2D eigenvalue weighted by Gasteiger charge is 2.37. The van der Waals surface area contributed by atoms with Crippen LogP contribution in [0.15, 0.2) is 42.5 Å². The molecule has 0 radical (unpaired) electrons. The van der Waals surface area contributed by atoms with Crippen LogP contribution in [0.5, 0.6) is 5.75 Å². The molecular weight excluding hydrogens is 587 g/mol. The van der Waals surface area contributed by atoms with E-state index in [-0.39, 0.29) is 24.4 Å². The van der Waals surface area contributed by atoms with Crippen LogP contribution in [0, 0.1) is 19.8 Å². The van der Waals surface area contributed by atoms with Crippen LogP contribution < -0.4 is 20.7 Å². The molecule has 1 aliphatic carbocycles. The zero-order valence-electron chi connectivity index (χ0n) is 27.6. The average molecular weight is 642 g/mol. The van der Waals surface area contributed by atoms with Crippen LogP contribution in [0.3, 0.4) is 0 Å². The summed E-state index contributed by atoms with van der Waals surface area (Å²) in [4.78, 5) is 35.1. The van der Waals surface area contributed by atoms with E-state index in [1.807, 2.05) is 91.8 Å². The molecule has 8 nitrogen and oxygen atoms in total. The third-order valence-electron chi connectivity index (χ3n) is 5.66. The van der Waals surface area contributed by atoms with Gasteiger partial charge in [0.25, 0.3) is 0 Å². The van der Waals surface area contributed by atoms with Crippen molar-refractivity contribution >= 4 is 41.4 Å². The number of likely N-dealkylation sites (N-methyl/N-ethyl adjacent to an activating group) is 2. The SMILES string of the molecule is CC.CC.CCNC(=O)CN(C)C(=O)C(NCCOc1cc(Cl)ccc1C)C1CC1.CCNC=O.Cc1ccc(Cl)cc1. The lowest BCUT2D eigenvalue weighted by molar-refractivity contribution is -0.136. The standard InChI is InChI=1S/C19H28ClN3O3.C7H7Cl.C3H7NO.2C2H6/c1-4-21-17(24)12-23(3)19(25)18(14-6-7-14)22-9-10-26-16-11-15(20)8-5-13(16)2;1-6-2-4-7(8)5-3-6;1-2-4-3-5;2*1-2/h5,8,11,14,18,22H,4,6-7,9-10,12H2,1-3H3,(H,21,24);2-5H,1H3;3H,2H2,1H3,(H,4,5);2*1-2H3. The van der Waals surface area contributed by atoms with Crippen LogP contribution in [-0.2, 0) is 14.4 Å². The molecule has 3 amide bonds. The smallest absolute Gasteiger partial charge is 0.240 e. The average Bonchev–Trinajstić information content (AvgIpc) is 3.85. The lowest BCUT2D eigenvalue weighted by atomic mass is 10.1. The minimum absolute atomic E-state index is 0.0438. The zero-order chi connectivity index (χ0) is 33.2. The number of amides is 3. The van der Waals surface area contributed by atoms with Gasteiger partial charge in [-0.05, 0) is 76.3 Å². The topological polar surface area (TPSA) is 99.8 Å². The molecule has 2 aromatic carbocycles. The normalized spacial score (nSPS) is 11.6. The van der Waals surface area contributed by atoms with Crippen molar-refractivity contribution in [2.75, 3.05) is 39.8 Å². The fourth-order valence-electron chi connectivity index (χ4n) is 3.39. The largest absolute Gasteiger partial charge is 0.492 e. The summed E-state index contributed by atoms with van der Waals surface area (Å²) in [6, 6.07) is 13.0. The Morgan fingerprint density at radius 1 is 0.977 bits per heavy atom. The maximum absolute atomic E-state index is 12.7. The predicted molar refractivity (Wildman–Crippen MR) is 181 cm³/mol. The fraction of sp³-hybridized carbons (Fsp3) is 0.545. The summed E-state index contributed by atoms with van der Waals surface area (Å²) in [6.45, 7) is 18.1. The third-order valence-corrected chi connectivity index (χ3v) is 6.15. The molecule has 1 fully saturated rings. The summed E-state index contributed by atoms with van der Waals surface area (Å²) in [7, 11) is 1.67. The highest BCUT2D eigenvalue weighted by atomic mass is 35.5. The molecule has 1 saturated carbocycles. The second-order valence-electron chi connectivity index (χ2n) is 9.15. The summed E-state index contributed by atoms with van der Waals surface area (Å²) in [6.07, 6.45) is 2.75. The van der Waals surface area contributed by atoms with Gasteiger partial charge in [0.05, 0.1) is 12.6 Å². The summed E-state index contributed by atoms with van der Waals surface area (Å²) in [5.41, 5.74) is 2.26. The van der Waals surface area contributed by atoms with Gasteiger partial charge in [-0.25, -0.2) is 0 Å². The molecule has 43 heavy (non-hydrogen) atoms. The molecule has 0 aromatic heterocycles. The molecule has 1 unspecified atom stereocenters. The summed E-state index contributed by atoms with van der Waals surface area (Å²) < 4.78 is 5.77. The van der Waals surface area contributed by atoms with Crippen molar-refractivity contribution in [1.29, 1.82) is 0 Å². The first-order chi connectivity index (χ1) is 20.6. The molecule has 0 aliphatic heterocycles. The number of nitrogens with zero attached hydrogens (tertiary/aromatic N) is 1. The lowest BCUT2D eigenvalue weighted by Gasteiger charge is -2.24. The van der Waals surface area contributed by atoms with Crippen LogP contribution in [0.1, 0.15) is 65.5 Å².